The van der Waals surface area contributed by atoms with Crippen LogP contribution in [0.15, 0.2) is 18.3 Å². The Morgan fingerprint density at radius 3 is 2.64 bits per heavy atom. The van der Waals surface area contributed by atoms with Crippen molar-refractivity contribution in [2.45, 2.75) is 19.1 Å². The number of pyridine rings is 1. The van der Waals surface area contributed by atoms with Gasteiger partial charge < -0.3 is 15.4 Å². The number of carbonyl (C=O) groups excluding carboxylic acids is 1. The summed E-state index contributed by atoms with van der Waals surface area (Å²) in [6.07, 6.45) is -2.81. The van der Waals surface area contributed by atoms with E-state index < -0.39 is 12.8 Å². The SMILES string of the molecule is CNCCC(=O)NCc1cccnc1OCC(F)(F)F.Cl.Cl. The Balaban J connectivity index is 0. The van der Waals surface area contributed by atoms with Gasteiger partial charge in [-0.2, -0.15) is 13.2 Å². The van der Waals surface area contributed by atoms with E-state index in [2.05, 4.69) is 20.4 Å². The van der Waals surface area contributed by atoms with Crippen molar-refractivity contribution >= 4 is 30.7 Å². The minimum Gasteiger partial charge on any atom is -0.468 e. The monoisotopic (exact) mass is 363 g/mol. The molecule has 0 aliphatic carbocycles. The fourth-order valence-electron chi connectivity index (χ4n) is 1.36. The second-order valence-corrected chi connectivity index (χ2v) is 4.00. The highest BCUT2D eigenvalue weighted by molar-refractivity contribution is 5.85. The van der Waals surface area contributed by atoms with Crippen molar-refractivity contribution < 1.29 is 22.7 Å². The summed E-state index contributed by atoms with van der Waals surface area (Å²) >= 11 is 0. The standard InChI is InChI=1S/C12H16F3N3O2.2ClH/c1-16-6-4-10(19)18-7-9-3-2-5-17-11(9)20-8-12(13,14)15;;/h2-3,5,16H,4,6-8H2,1H3,(H,18,19);2*1H. The van der Waals surface area contributed by atoms with Gasteiger partial charge in [0.1, 0.15) is 0 Å². The number of nitrogens with zero attached hydrogens (tertiary/aromatic N) is 1. The normalized spacial score (nSPS) is 10.2. The van der Waals surface area contributed by atoms with E-state index in [0.29, 0.717) is 12.1 Å². The van der Waals surface area contributed by atoms with E-state index in [-0.39, 0.29) is 49.6 Å². The Morgan fingerprint density at radius 1 is 1.36 bits per heavy atom. The predicted molar refractivity (Wildman–Crippen MR) is 80.7 cm³/mol. The fourth-order valence-corrected chi connectivity index (χ4v) is 1.36. The van der Waals surface area contributed by atoms with E-state index in [1.54, 1.807) is 19.2 Å². The Hall–Kier alpha value is -1.25. The summed E-state index contributed by atoms with van der Waals surface area (Å²) in [6.45, 7) is -0.815. The van der Waals surface area contributed by atoms with Gasteiger partial charge in [-0.25, -0.2) is 4.98 Å². The van der Waals surface area contributed by atoms with E-state index in [4.69, 9.17) is 0 Å². The molecule has 2 N–H and O–H groups in total. The van der Waals surface area contributed by atoms with Gasteiger partial charge in [-0.15, -0.1) is 24.8 Å². The van der Waals surface area contributed by atoms with Gasteiger partial charge in [0.15, 0.2) is 6.61 Å². The van der Waals surface area contributed by atoms with Crippen LogP contribution in [0.4, 0.5) is 13.2 Å². The van der Waals surface area contributed by atoms with Gasteiger partial charge in [-0.1, -0.05) is 6.07 Å². The van der Waals surface area contributed by atoms with Crippen molar-refractivity contribution in [3.05, 3.63) is 23.9 Å². The molecule has 1 amide bonds. The number of nitrogens with one attached hydrogen (secondary N) is 2. The van der Waals surface area contributed by atoms with Crippen LogP contribution >= 0.6 is 24.8 Å². The molecule has 0 aliphatic rings. The second-order valence-electron chi connectivity index (χ2n) is 4.00. The maximum atomic E-state index is 12.1. The Labute approximate surface area is 138 Å². The molecule has 10 heteroatoms. The molecule has 5 nitrogen and oxygen atoms in total. The summed E-state index contributed by atoms with van der Waals surface area (Å²) in [5.74, 6) is -0.330. The molecule has 128 valence electrons. The topological polar surface area (TPSA) is 63.2 Å². The first kappa shape index (κ1) is 23.0. The van der Waals surface area contributed by atoms with E-state index in [0.717, 1.165) is 0 Å². The summed E-state index contributed by atoms with van der Waals surface area (Å²) in [7, 11) is 1.72. The van der Waals surface area contributed by atoms with Gasteiger partial charge in [-0.3, -0.25) is 4.79 Å². The zero-order chi connectivity index (χ0) is 15.0. The molecule has 0 spiro atoms. The third-order valence-corrected chi connectivity index (χ3v) is 2.30. The van der Waals surface area contributed by atoms with E-state index in [9.17, 15) is 18.0 Å². The van der Waals surface area contributed by atoms with Crippen molar-refractivity contribution in [2.75, 3.05) is 20.2 Å². The third-order valence-electron chi connectivity index (χ3n) is 2.30. The summed E-state index contributed by atoms with van der Waals surface area (Å²) < 4.78 is 40.9. The van der Waals surface area contributed by atoms with Crippen molar-refractivity contribution in [2.24, 2.45) is 0 Å². The number of amides is 1. The van der Waals surface area contributed by atoms with Gasteiger partial charge in [0.05, 0.1) is 0 Å². The number of rotatable bonds is 7. The number of alkyl halides is 3. The number of hydrogen-bond acceptors (Lipinski definition) is 4. The molecule has 0 atom stereocenters. The highest BCUT2D eigenvalue weighted by Gasteiger charge is 2.29. The quantitative estimate of drug-likeness (QED) is 0.778. The first-order valence-electron chi connectivity index (χ1n) is 5.97. The maximum Gasteiger partial charge on any atom is 0.422 e. The highest BCUT2D eigenvalue weighted by Crippen LogP contribution is 2.19. The lowest BCUT2D eigenvalue weighted by molar-refractivity contribution is -0.154. The van der Waals surface area contributed by atoms with Gasteiger partial charge in [0.2, 0.25) is 11.8 Å². The largest absolute Gasteiger partial charge is 0.468 e. The molecule has 0 aromatic carbocycles. The van der Waals surface area contributed by atoms with E-state index in [1.165, 1.54) is 6.20 Å². The molecule has 1 aromatic heterocycles. The average molecular weight is 364 g/mol. The van der Waals surface area contributed by atoms with Crippen molar-refractivity contribution in [3.63, 3.8) is 0 Å². The summed E-state index contributed by atoms with van der Waals surface area (Å²) in [6, 6.07) is 3.12. The molecule has 1 heterocycles. The lowest BCUT2D eigenvalue weighted by Gasteiger charge is -2.12. The minimum absolute atomic E-state index is 0. The molecule has 0 unspecified atom stereocenters. The van der Waals surface area contributed by atoms with Gasteiger partial charge in [0, 0.05) is 31.3 Å². The minimum atomic E-state index is -4.43. The first-order valence-corrected chi connectivity index (χ1v) is 5.97. The molecule has 22 heavy (non-hydrogen) atoms. The summed E-state index contributed by atoms with van der Waals surface area (Å²) in [5, 5.41) is 5.41. The molecule has 0 radical (unpaired) electrons. The number of carbonyl (C=O) groups is 1. The van der Waals surface area contributed by atoms with E-state index in [1.807, 2.05) is 0 Å². The lowest BCUT2D eigenvalue weighted by Crippen LogP contribution is -2.27. The van der Waals surface area contributed by atoms with Crippen molar-refractivity contribution in [1.82, 2.24) is 15.6 Å². The van der Waals surface area contributed by atoms with Crippen LogP contribution in [0.1, 0.15) is 12.0 Å². The Bertz CT molecular complexity index is 448. The third kappa shape index (κ3) is 9.64. The van der Waals surface area contributed by atoms with Crippen molar-refractivity contribution in [1.29, 1.82) is 0 Å². The molecule has 1 rings (SSSR count). The molecular weight excluding hydrogens is 346 g/mol. The molecule has 0 saturated heterocycles. The molecule has 0 bridgehead atoms. The van der Waals surface area contributed by atoms with Crippen LogP contribution in [0.2, 0.25) is 0 Å². The van der Waals surface area contributed by atoms with Gasteiger partial charge in [0.25, 0.3) is 0 Å². The molecular formula is C12H18Cl2F3N3O2. The average Bonchev–Trinajstić information content (AvgIpc) is 2.40. The molecule has 0 aliphatic heterocycles. The van der Waals surface area contributed by atoms with Crippen LogP contribution in [-0.2, 0) is 11.3 Å². The van der Waals surface area contributed by atoms with Crippen LogP contribution < -0.4 is 15.4 Å². The van der Waals surface area contributed by atoms with Crippen LogP contribution in [0, 0.1) is 0 Å². The molecule has 1 aromatic rings. The number of halogens is 5. The van der Waals surface area contributed by atoms with Crippen LogP contribution in [0.3, 0.4) is 0 Å². The highest BCUT2D eigenvalue weighted by atomic mass is 35.5. The summed E-state index contributed by atoms with van der Waals surface area (Å²) in [4.78, 5) is 15.1. The zero-order valence-electron chi connectivity index (χ0n) is 11.8. The van der Waals surface area contributed by atoms with Crippen LogP contribution in [0.25, 0.3) is 0 Å². The number of aromatic nitrogens is 1. The fraction of sp³-hybridized carbons (Fsp3) is 0.500. The zero-order valence-corrected chi connectivity index (χ0v) is 13.4. The van der Waals surface area contributed by atoms with Crippen molar-refractivity contribution in [3.8, 4) is 5.88 Å². The van der Waals surface area contributed by atoms with E-state index >= 15 is 0 Å². The first-order chi connectivity index (χ1) is 9.42. The summed E-state index contributed by atoms with van der Waals surface area (Å²) in [5.41, 5.74) is 0.398. The Kier molecular flexibility index (Phi) is 11.9. The van der Waals surface area contributed by atoms with Crippen LogP contribution in [-0.4, -0.2) is 37.3 Å². The second kappa shape index (κ2) is 11.3. The van der Waals surface area contributed by atoms with Crippen LogP contribution in [0.5, 0.6) is 5.88 Å². The number of ether oxygens (including phenoxy) is 1. The maximum absolute atomic E-state index is 12.1. The smallest absolute Gasteiger partial charge is 0.422 e. The Morgan fingerprint density at radius 2 is 2.05 bits per heavy atom. The predicted octanol–water partition coefficient (Wildman–Crippen LogP) is 2.09. The van der Waals surface area contributed by atoms with Gasteiger partial charge in [-0.05, 0) is 13.1 Å². The molecule has 0 saturated carbocycles. The number of hydrogen-bond donors (Lipinski definition) is 2. The molecule has 0 fully saturated rings. The van der Waals surface area contributed by atoms with Gasteiger partial charge >= 0.3 is 6.18 Å². The lowest BCUT2D eigenvalue weighted by atomic mass is 10.2.